The van der Waals surface area contributed by atoms with Gasteiger partial charge in [-0.1, -0.05) is 24.3 Å². The number of anilines is 2. The van der Waals surface area contributed by atoms with Gasteiger partial charge in [-0.2, -0.15) is 0 Å². The van der Waals surface area contributed by atoms with Gasteiger partial charge in [0.05, 0.1) is 37.8 Å². The molecule has 0 radical (unpaired) electrons. The Morgan fingerprint density at radius 3 is 1.19 bits per heavy atom. The molecular formula is C35H42N2O10. The number of carbonyl (C=O) groups is 4. The number of fused-ring (bicyclic) bond motifs is 2. The zero-order valence-corrected chi connectivity index (χ0v) is 27.8. The molecule has 0 atom stereocenters. The van der Waals surface area contributed by atoms with E-state index in [1.807, 2.05) is 50.3 Å². The van der Waals surface area contributed by atoms with E-state index < -0.39 is 29.7 Å². The molecule has 252 valence electrons. The molecule has 2 heterocycles. The van der Waals surface area contributed by atoms with Crippen LogP contribution in [0.15, 0.2) is 47.5 Å². The molecule has 12 heteroatoms. The molecule has 0 aromatic heterocycles. The quantitative estimate of drug-likeness (QED) is 0.210. The fraction of sp³-hybridized carbons (Fsp3) is 0.429. The van der Waals surface area contributed by atoms with Crippen molar-refractivity contribution >= 4 is 47.4 Å². The maximum absolute atomic E-state index is 12.6. The summed E-state index contributed by atoms with van der Waals surface area (Å²) in [6.07, 6.45) is 3.85. The number of rotatable bonds is 14. The van der Waals surface area contributed by atoms with Gasteiger partial charge in [0.25, 0.3) is 5.79 Å². The van der Waals surface area contributed by atoms with Gasteiger partial charge in [-0.15, -0.1) is 0 Å². The number of para-hydroxylation sites is 2. The van der Waals surface area contributed by atoms with E-state index in [0.29, 0.717) is 34.0 Å². The van der Waals surface area contributed by atoms with Crippen LogP contribution in [-0.2, 0) is 38.1 Å². The third kappa shape index (κ3) is 7.87. The molecule has 0 unspecified atom stereocenters. The van der Waals surface area contributed by atoms with Crippen molar-refractivity contribution in [3.05, 3.63) is 58.7 Å². The Balaban J connectivity index is 1.79. The zero-order valence-electron chi connectivity index (χ0n) is 27.8. The van der Waals surface area contributed by atoms with Crippen LogP contribution >= 0.6 is 0 Å². The van der Waals surface area contributed by atoms with Crippen LogP contribution in [0.1, 0.15) is 52.7 Å². The molecule has 0 saturated carbocycles. The van der Waals surface area contributed by atoms with E-state index >= 15 is 0 Å². The van der Waals surface area contributed by atoms with Gasteiger partial charge < -0.3 is 38.2 Å². The average Bonchev–Trinajstić information content (AvgIpc) is 3.01. The summed E-state index contributed by atoms with van der Waals surface area (Å²) in [5.74, 6) is -2.73. The molecule has 0 aliphatic carbocycles. The van der Waals surface area contributed by atoms with E-state index in [-0.39, 0.29) is 52.6 Å². The molecule has 0 saturated heterocycles. The Kier molecular flexibility index (Phi) is 11.5. The number of hydrogen-bond acceptors (Lipinski definition) is 12. The van der Waals surface area contributed by atoms with Gasteiger partial charge in [-0.25, -0.2) is 0 Å². The molecule has 0 bridgehead atoms. The Labute approximate surface area is 274 Å². The van der Waals surface area contributed by atoms with Crippen molar-refractivity contribution in [2.24, 2.45) is 0 Å². The summed E-state index contributed by atoms with van der Waals surface area (Å²) in [5, 5.41) is 0. The fourth-order valence-electron chi connectivity index (χ4n) is 5.53. The zero-order chi connectivity index (χ0) is 34.1. The van der Waals surface area contributed by atoms with Crippen LogP contribution < -0.4 is 19.3 Å². The standard InChI is InChI=1S/C35H42N2O10/c1-7-42-29(38)19-36(20-30(39)43-8-2)27-15-11-13-25-17-23(5)35(46-33(25)27)24(6)18-26-14-12-16-28(34(26)47-35)37(21-31(40)44-9-3)22-32(41)45-10-4/h11-18H,7-10,19-22H2,1-6H3. The smallest absolute Gasteiger partial charge is 0.325 e. The lowest BCUT2D eigenvalue weighted by molar-refractivity contribution is -0.144. The number of benzene rings is 2. The molecule has 0 fully saturated rings. The number of hydrogen-bond donors (Lipinski definition) is 0. The Morgan fingerprint density at radius 1 is 0.574 bits per heavy atom. The second-order valence-electron chi connectivity index (χ2n) is 10.8. The number of esters is 4. The Morgan fingerprint density at radius 2 is 0.894 bits per heavy atom. The molecule has 2 aliphatic heterocycles. The van der Waals surface area contributed by atoms with Crippen molar-refractivity contribution in [3.8, 4) is 11.5 Å². The molecular weight excluding hydrogens is 608 g/mol. The highest BCUT2D eigenvalue weighted by Gasteiger charge is 2.46. The van der Waals surface area contributed by atoms with Crippen molar-refractivity contribution in [1.29, 1.82) is 0 Å². The third-order valence-corrected chi connectivity index (χ3v) is 7.51. The SMILES string of the molecule is CCOC(=O)CN(CC(=O)OCC)c1cccc2c1OC1(Oc3c(cccc3N(CC(=O)OCC)CC(=O)OCC)C=C1C)C(C)=C2. The summed E-state index contributed by atoms with van der Waals surface area (Å²) in [4.78, 5) is 53.6. The van der Waals surface area contributed by atoms with Gasteiger partial charge in [-0.3, -0.25) is 19.2 Å². The molecule has 0 N–H and O–H groups in total. The van der Waals surface area contributed by atoms with E-state index in [2.05, 4.69) is 0 Å². The van der Waals surface area contributed by atoms with Crippen LogP contribution in [0.2, 0.25) is 0 Å². The van der Waals surface area contributed by atoms with Crippen LogP contribution in [0.3, 0.4) is 0 Å². The van der Waals surface area contributed by atoms with E-state index in [1.54, 1.807) is 49.6 Å². The molecule has 4 rings (SSSR count). The van der Waals surface area contributed by atoms with Gasteiger partial charge >= 0.3 is 23.9 Å². The topological polar surface area (TPSA) is 130 Å². The summed E-state index contributed by atoms with van der Waals surface area (Å²) < 4.78 is 34.4. The number of carbonyl (C=O) groups excluding carboxylic acids is 4. The summed E-state index contributed by atoms with van der Waals surface area (Å²) >= 11 is 0. The first-order valence-electron chi connectivity index (χ1n) is 15.7. The Hall–Kier alpha value is -5.00. The van der Waals surface area contributed by atoms with E-state index in [1.165, 1.54) is 0 Å². The second-order valence-corrected chi connectivity index (χ2v) is 10.8. The van der Waals surface area contributed by atoms with Crippen molar-refractivity contribution < 1.29 is 47.6 Å². The van der Waals surface area contributed by atoms with Crippen molar-refractivity contribution in [3.63, 3.8) is 0 Å². The monoisotopic (exact) mass is 650 g/mol. The summed E-state index contributed by atoms with van der Waals surface area (Å²) in [6.45, 7) is 10.4. The lowest BCUT2D eigenvalue weighted by Gasteiger charge is -2.43. The van der Waals surface area contributed by atoms with Crippen LogP contribution in [0.4, 0.5) is 11.4 Å². The molecule has 1 spiro atoms. The van der Waals surface area contributed by atoms with Crippen LogP contribution in [0, 0.1) is 0 Å². The van der Waals surface area contributed by atoms with Crippen molar-refractivity contribution in [2.45, 2.75) is 47.3 Å². The highest BCUT2D eigenvalue weighted by Crippen LogP contribution is 2.50. The van der Waals surface area contributed by atoms with Gasteiger partial charge in [0.2, 0.25) is 0 Å². The van der Waals surface area contributed by atoms with Gasteiger partial charge in [0.15, 0.2) is 11.5 Å². The molecule has 12 nitrogen and oxygen atoms in total. The number of nitrogens with zero attached hydrogens (tertiary/aromatic N) is 2. The minimum absolute atomic E-state index is 0.184. The molecule has 2 aliphatic rings. The minimum Gasteiger partial charge on any atom is -0.465 e. The first-order chi connectivity index (χ1) is 22.6. The summed E-state index contributed by atoms with van der Waals surface area (Å²) in [6, 6.07) is 10.8. The maximum atomic E-state index is 12.6. The van der Waals surface area contributed by atoms with E-state index in [9.17, 15) is 19.2 Å². The highest BCUT2D eigenvalue weighted by molar-refractivity contribution is 5.87. The van der Waals surface area contributed by atoms with Gasteiger partial charge in [0.1, 0.15) is 26.2 Å². The third-order valence-electron chi connectivity index (χ3n) is 7.51. The molecule has 2 aromatic carbocycles. The van der Waals surface area contributed by atoms with Crippen molar-refractivity contribution in [1.82, 2.24) is 0 Å². The average molecular weight is 651 g/mol. The summed E-state index contributed by atoms with van der Waals surface area (Å²) in [7, 11) is 0. The predicted octanol–water partition coefficient (Wildman–Crippen LogP) is 4.54. The second kappa shape index (κ2) is 15.5. The van der Waals surface area contributed by atoms with Crippen LogP contribution in [0.25, 0.3) is 12.2 Å². The maximum Gasteiger partial charge on any atom is 0.325 e. The molecule has 0 amide bonds. The lowest BCUT2D eigenvalue weighted by Crippen LogP contribution is -2.48. The van der Waals surface area contributed by atoms with Crippen LogP contribution in [-0.4, -0.2) is 82.3 Å². The van der Waals surface area contributed by atoms with Crippen LogP contribution in [0.5, 0.6) is 11.5 Å². The largest absolute Gasteiger partial charge is 0.465 e. The summed E-state index contributed by atoms with van der Waals surface area (Å²) in [5.41, 5.74) is 3.80. The lowest BCUT2D eigenvalue weighted by atomic mass is 9.90. The number of ether oxygens (including phenoxy) is 6. The highest BCUT2D eigenvalue weighted by atomic mass is 16.7. The minimum atomic E-state index is -1.44. The first-order valence-corrected chi connectivity index (χ1v) is 15.7. The van der Waals surface area contributed by atoms with Gasteiger partial charge in [0, 0.05) is 22.3 Å². The van der Waals surface area contributed by atoms with E-state index in [0.717, 1.165) is 11.1 Å². The Bertz CT molecular complexity index is 1410. The molecule has 2 aromatic rings. The first kappa shape index (κ1) is 34.9. The van der Waals surface area contributed by atoms with E-state index in [4.69, 9.17) is 28.4 Å². The normalized spacial score (nSPS) is 13.8. The molecule has 47 heavy (non-hydrogen) atoms. The predicted molar refractivity (Wildman–Crippen MR) is 175 cm³/mol. The van der Waals surface area contributed by atoms with Crippen molar-refractivity contribution in [2.75, 3.05) is 62.4 Å². The fourth-order valence-corrected chi connectivity index (χ4v) is 5.53. The van der Waals surface area contributed by atoms with Gasteiger partial charge in [-0.05, 0) is 65.8 Å².